The van der Waals surface area contributed by atoms with Gasteiger partial charge in [0.2, 0.25) is 0 Å². The van der Waals surface area contributed by atoms with Crippen molar-refractivity contribution in [3.63, 3.8) is 0 Å². The molecule has 3 aromatic rings. The van der Waals surface area contributed by atoms with Crippen LogP contribution in [0.1, 0.15) is 6.92 Å². The number of fused-ring (bicyclic) bond motifs is 2. The third-order valence-corrected chi connectivity index (χ3v) is 2.61. The molecule has 1 heterocycles. The first-order valence-electron chi connectivity index (χ1n) is 5.88. The van der Waals surface area contributed by atoms with Crippen LogP contribution in [0.15, 0.2) is 53.3 Å². The monoisotopic (exact) mass is 241 g/mol. The molecule has 0 fully saturated rings. The van der Waals surface area contributed by atoms with Gasteiger partial charge in [-0.2, -0.15) is 0 Å². The first kappa shape index (κ1) is 12.3. The summed E-state index contributed by atoms with van der Waals surface area (Å²) in [6.07, 6.45) is 0. The molecule has 3 rings (SSSR count). The Balaban J connectivity index is 0.000000367. The van der Waals surface area contributed by atoms with Gasteiger partial charge in [0.25, 0.3) is 0 Å². The Morgan fingerprint density at radius 1 is 0.944 bits per heavy atom. The molecule has 0 atom stereocenters. The fraction of sp³-hybridized carbons (Fsp3) is 0.133. The third-order valence-electron chi connectivity index (χ3n) is 2.61. The summed E-state index contributed by atoms with van der Waals surface area (Å²) in [6, 6.07) is 15.1. The molecule has 3 nitrogen and oxygen atoms in total. The van der Waals surface area contributed by atoms with Gasteiger partial charge in [0.1, 0.15) is 0 Å². The van der Waals surface area contributed by atoms with E-state index in [1.807, 2.05) is 48.5 Å². The van der Waals surface area contributed by atoms with Gasteiger partial charge < -0.3 is 10.1 Å². The maximum Gasteiger partial charge on any atom is 0.197 e. The number of hydrogen-bond donors (Lipinski definition) is 2. The van der Waals surface area contributed by atoms with Gasteiger partial charge in [0.05, 0.1) is 0 Å². The van der Waals surface area contributed by atoms with Crippen molar-refractivity contribution in [3.05, 3.63) is 58.8 Å². The van der Waals surface area contributed by atoms with Crippen LogP contribution >= 0.6 is 0 Å². The molecule has 0 amide bonds. The minimum absolute atomic E-state index is 0.0972. The number of H-pyrrole nitrogens is 1. The average Bonchev–Trinajstić information content (AvgIpc) is 2.40. The number of aromatic nitrogens is 1. The van der Waals surface area contributed by atoms with E-state index in [9.17, 15) is 4.79 Å². The van der Waals surface area contributed by atoms with Crippen LogP contribution in [0, 0.1) is 0 Å². The molecular formula is C15H15NO2. The molecule has 2 N–H and O–H groups in total. The van der Waals surface area contributed by atoms with Gasteiger partial charge >= 0.3 is 0 Å². The molecule has 0 spiro atoms. The van der Waals surface area contributed by atoms with Crippen LogP contribution in [0.4, 0.5) is 0 Å². The minimum atomic E-state index is 0.0972. The second-order valence-electron chi connectivity index (χ2n) is 3.86. The number of rotatable bonds is 0. The van der Waals surface area contributed by atoms with Gasteiger partial charge in [0, 0.05) is 28.4 Å². The molecule has 0 unspecified atom stereocenters. The maximum atomic E-state index is 12.1. The van der Waals surface area contributed by atoms with Gasteiger partial charge in [-0.15, -0.1) is 0 Å². The highest BCUT2D eigenvalue weighted by Crippen LogP contribution is 2.13. The summed E-state index contributed by atoms with van der Waals surface area (Å²) < 4.78 is 0. The first-order chi connectivity index (χ1) is 8.77. The smallest absolute Gasteiger partial charge is 0.197 e. The van der Waals surface area contributed by atoms with Gasteiger partial charge in [-0.05, 0) is 31.2 Å². The van der Waals surface area contributed by atoms with Crippen molar-refractivity contribution in [2.24, 2.45) is 0 Å². The molecule has 92 valence electrons. The highest BCUT2D eigenvalue weighted by atomic mass is 16.2. The van der Waals surface area contributed by atoms with E-state index < -0.39 is 0 Å². The fourth-order valence-electron chi connectivity index (χ4n) is 1.87. The second kappa shape index (κ2) is 5.47. The highest BCUT2D eigenvalue weighted by molar-refractivity contribution is 5.92. The Morgan fingerprint density at radius 2 is 1.33 bits per heavy atom. The van der Waals surface area contributed by atoms with Crippen LogP contribution in [-0.2, 0) is 0 Å². The fourth-order valence-corrected chi connectivity index (χ4v) is 1.87. The predicted octanol–water partition coefficient (Wildman–Crippen LogP) is 2.68. The Bertz CT molecular complexity index is 659. The Kier molecular flexibility index (Phi) is 3.75. The van der Waals surface area contributed by atoms with Crippen LogP contribution in [0.3, 0.4) is 0 Å². The van der Waals surface area contributed by atoms with E-state index in [2.05, 4.69) is 4.98 Å². The average molecular weight is 241 g/mol. The third kappa shape index (κ3) is 2.26. The number of benzene rings is 2. The predicted molar refractivity (Wildman–Crippen MR) is 74.8 cm³/mol. The molecule has 2 aromatic carbocycles. The van der Waals surface area contributed by atoms with E-state index in [1.165, 1.54) is 0 Å². The summed E-state index contributed by atoms with van der Waals surface area (Å²) in [5.41, 5.74) is 1.88. The lowest BCUT2D eigenvalue weighted by Crippen LogP contribution is -2.03. The summed E-state index contributed by atoms with van der Waals surface area (Å²) in [5.74, 6) is 0. The summed E-state index contributed by atoms with van der Waals surface area (Å²) in [6.45, 7) is 1.93. The van der Waals surface area contributed by atoms with Gasteiger partial charge in [-0.3, -0.25) is 4.79 Å². The zero-order valence-corrected chi connectivity index (χ0v) is 10.2. The van der Waals surface area contributed by atoms with Crippen LogP contribution < -0.4 is 5.43 Å². The molecule has 0 aliphatic heterocycles. The zero-order valence-electron chi connectivity index (χ0n) is 10.2. The number of para-hydroxylation sites is 2. The topological polar surface area (TPSA) is 53.1 Å². The first-order valence-corrected chi connectivity index (χ1v) is 5.88. The summed E-state index contributed by atoms with van der Waals surface area (Å²) >= 11 is 0. The van der Waals surface area contributed by atoms with Crippen molar-refractivity contribution in [2.45, 2.75) is 6.92 Å². The van der Waals surface area contributed by atoms with E-state index in [0.717, 1.165) is 21.8 Å². The van der Waals surface area contributed by atoms with Gasteiger partial charge in [0.15, 0.2) is 5.43 Å². The van der Waals surface area contributed by atoms with Crippen molar-refractivity contribution in [2.75, 3.05) is 6.61 Å². The van der Waals surface area contributed by atoms with Crippen molar-refractivity contribution < 1.29 is 5.11 Å². The summed E-state index contributed by atoms with van der Waals surface area (Å²) in [5, 5.41) is 9.06. The van der Waals surface area contributed by atoms with Crippen molar-refractivity contribution in [3.8, 4) is 0 Å². The molecule has 18 heavy (non-hydrogen) atoms. The maximum absolute atomic E-state index is 12.1. The lowest BCUT2D eigenvalue weighted by molar-refractivity contribution is 0.318. The molecule has 1 aromatic heterocycles. The standard InChI is InChI=1S/C13H9NO.C2H6O/c15-13-9-5-1-3-7-11(9)14-12-8-4-2-6-10(12)13;1-2-3/h1-8H,(H,14,15);3H,2H2,1H3. The van der Waals surface area contributed by atoms with Gasteiger partial charge in [-0.25, -0.2) is 0 Å². The van der Waals surface area contributed by atoms with Gasteiger partial charge in [-0.1, -0.05) is 24.3 Å². The number of pyridine rings is 1. The van der Waals surface area contributed by atoms with Crippen LogP contribution in [0.5, 0.6) is 0 Å². The molecule has 0 saturated heterocycles. The lowest BCUT2D eigenvalue weighted by atomic mass is 10.1. The Labute approximate surface area is 105 Å². The minimum Gasteiger partial charge on any atom is -0.397 e. The van der Waals surface area contributed by atoms with E-state index >= 15 is 0 Å². The zero-order chi connectivity index (χ0) is 13.0. The highest BCUT2D eigenvalue weighted by Gasteiger charge is 2.02. The molecule has 0 aliphatic rings. The summed E-state index contributed by atoms with van der Waals surface area (Å²) in [4.78, 5) is 15.3. The number of aliphatic hydroxyl groups is 1. The number of aliphatic hydroxyl groups excluding tert-OH is 1. The van der Waals surface area contributed by atoms with E-state index in [0.29, 0.717) is 0 Å². The molecule has 3 heteroatoms. The van der Waals surface area contributed by atoms with Crippen molar-refractivity contribution >= 4 is 21.8 Å². The largest absolute Gasteiger partial charge is 0.397 e. The lowest BCUT2D eigenvalue weighted by Gasteiger charge is -2.01. The number of hydrogen-bond acceptors (Lipinski definition) is 2. The van der Waals surface area contributed by atoms with E-state index in [1.54, 1.807) is 6.92 Å². The quantitative estimate of drug-likeness (QED) is 0.594. The van der Waals surface area contributed by atoms with Crippen molar-refractivity contribution in [1.29, 1.82) is 0 Å². The summed E-state index contributed by atoms with van der Waals surface area (Å²) in [7, 11) is 0. The molecular weight excluding hydrogens is 226 g/mol. The van der Waals surface area contributed by atoms with Crippen LogP contribution in [0.25, 0.3) is 21.8 Å². The molecule has 0 aliphatic carbocycles. The van der Waals surface area contributed by atoms with Crippen LogP contribution in [-0.4, -0.2) is 16.7 Å². The Hall–Kier alpha value is -2.13. The Morgan fingerprint density at radius 3 is 1.78 bits per heavy atom. The SMILES string of the molecule is CCO.O=c1c2ccccc2[nH]c2ccccc12. The second-order valence-corrected chi connectivity index (χ2v) is 3.86. The van der Waals surface area contributed by atoms with E-state index in [-0.39, 0.29) is 12.0 Å². The molecule has 0 bridgehead atoms. The number of aromatic amines is 1. The van der Waals surface area contributed by atoms with Crippen LogP contribution in [0.2, 0.25) is 0 Å². The van der Waals surface area contributed by atoms with Crippen molar-refractivity contribution in [1.82, 2.24) is 4.98 Å². The molecule has 0 radical (unpaired) electrons. The molecule has 0 saturated carbocycles. The van der Waals surface area contributed by atoms with E-state index in [4.69, 9.17) is 5.11 Å². The normalized spacial score (nSPS) is 10.1. The number of nitrogens with one attached hydrogen (secondary N) is 1.